The zero-order valence-corrected chi connectivity index (χ0v) is 16.1. The number of β-amino-alcohol motifs (C(OH)–C–C–N with tert-alkyl or cyclic N) is 1. The van der Waals surface area contributed by atoms with Gasteiger partial charge in [0.2, 0.25) is 0 Å². The SMILES string of the molecule is O=C([O-])C1CC(O)CN(C(=O)c2ccc3ccccc3c2)C1.[K+]. The maximum absolute atomic E-state index is 12.6. The Labute approximate surface area is 176 Å². The average Bonchev–Trinajstić information content (AvgIpc) is 2.53. The Morgan fingerprint density at radius 3 is 2.48 bits per heavy atom. The summed E-state index contributed by atoms with van der Waals surface area (Å²) in [5.41, 5.74) is 0.491. The van der Waals surface area contributed by atoms with Crippen LogP contribution in [0, 0.1) is 5.92 Å². The third-order valence-electron chi connectivity index (χ3n) is 4.05. The quantitative estimate of drug-likeness (QED) is 0.610. The summed E-state index contributed by atoms with van der Waals surface area (Å²) in [5, 5.41) is 22.8. The first-order valence-corrected chi connectivity index (χ1v) is 7.21. The van der Waals surface area contributed by atoms with E-state index >= 15 is 0 Å². The molecule has 0 spiro atoms. The van der Waals surface area contributed by atoms with Crippen molar-refractivity contribution in [3.63, 3.8) is 0 Å². The van der Waals surface area contributed by atoms with E-state index in [0.29, 0.717) is 5.56 Å². The number of fused-ring (bicyclic) bond motifs is 1. The van der Waals surface area contributed by atoms with E-state index in [9.17, 15) is 19.8 Å². The second-order valence-corrected chi connectivity index (χ2v) is 5.68. The van der Waals surface area contributed by atoms with Gasteiger partial charge in [0, 0.05) is 30.5 Å². The van der Waals surface area contributed by atoms with E-state index < -0.39 is 18.0 Å². The molecule has 1 heterocycles. The van der Waals surface area contributed by atoms with E-state index in [-0.39, 0.29) is 76.8 Å². The van der Waals surface area contributed by atoms with E-state index in [1.165, 1.54) is 4.90 Å². The molecular weight excluding hydrogens is 321 g/mol. The molecule has 0 aliphatic carbocycles. The van der Waals surface area contributed by atoms with Crippen molar-refractivity contribution in [1.29, 1.82) is 0 Å². The first-order chi connectivity index (χ1) is 10.5. The van der Waals surface area contributed by atoms with Crippen LogP contribution in [0.1, 0.15) is 16.8 Å². The minimum Gasteiger partial charge on any atom is -0.550 e. The van der Waals surface area contributed by atoms with Crippen LogP contribution in [0.2, 0.25) is 0 Å². The number of carboxylic acids is 1. The first-order valence-electron chi connectivity index (χ1n) is 7.21. The van der Waals surface area contributed by atoms with Crippen LogP contribution in [-0.4, -0.2) is 41.1 Å². The Hall–Kier alpha value is -0.764. The van der Waals surface area contributed by atoms with Crippen LogP contribution >= 0.6 is 0 Å². The number of amides is 1. The van der Waals surface area contributed by atoms with Crippen LogP contribution in [0.4, 0.5) is 0 Å². The van der Waals surface area contributed by atoms with Crippen molar-refractivity contribution >= 4 is 22.6 Å². The third-order valence-corrected chi connectivity index (χ3v) is 4.05. The van der Waals surface area contributed by atoms with Gasteiger partial charge in [0.15, 0.2) is 0 Å². The largest absolute Gasteiger partial charge is 1.00 e. The number of nitrogens with zero attached hydrogens (tertiary/aromatic N) is 1. The molecule has 0 radical (unpaired) electrons. The molecule has 1 fully saturated rings. The molecule has 1 N–H and O–H groups in total. The molecule has 2 unspecified atom stereocenters. The molecule has 6 heteroatoms. The van der Waals surface area contributed by atoms with Gasteiger partial charge in [-0.15, -0.1) is 0 Å². The number of aliphatic carboxylic acids is 1. The maximum Gasteiger partial charge on any atom is 1.00 e. The molecule has 3 rings (SSSR count). The van der Waals surface area contributed by atoms with Gasteiger partial charge in [0.05, 0.1) is 6.10 Å². The second-order valence-electron chi connectivity index (χ2n) is 5.68. The Morgan fingerprint density at radius 1 is 1.09 bits per heavy atom. The van der Waals surface area contributed by atoms with Crippen molar-refractivity contribution in [2.24, 2.45) is 5.92 Å². The Kier molecular flexibility index (Phi) is 6.36. The van der Waals surface area contributed by atoms with E-state index in [4.69, 9.17) is 0 Å². The molecule has 0 bridgehead atoms. The van der Waals surface area contributed by atoms with Crippen molar-refractivity contribution in [2.75, 3.05) is 13.1 Å². The number of carbonyl (C=O) groups excluding carboxylic acids is 2. The number of likely N-dealkylation sites (tertiary alicyclic amines) is 1. The van der Waals surface area contributed by atoms with E-state index in [0.717, 1.165) is 10.8 Å². The summed E-state index contributed by atoms with van der Waals surface area (Å²) in [6.07, 6.45) is -0.704. The van der Waals surface area contributed by atoms with E-state index in [1.807, 2.05) is 30.3 Å². The summed E-state index contributed by atoms with van der Waals surface area (Å²) >= 11 is 0. The van der Waals surface area contributed by atoms with Gasteiger partial charge in [0.1, 0.15) is 0 Å². The molecule has 0 aromatic heterocycles. The molecular formula is C17H16KNO4. The fourth-order valence-corrected chi connectivity index (χ4v) is 2.91. The van der Waals surface area contributed by atoms with Crippen LogP contribution in [0.25, 0.3) is 10.8 Å². The summed E-state index contributed by atoms with van der Waals surface area (Å²) in [6, 6.07) is 13.1. The topological polar surface area (TPSA) is 80.7 Å². The molecule has 5 nitrogen and oxygen atoms in total. The van der Waals surface area contributed by atoms with Gasteiger partial charge in [-0.2, -0.15) is 0 Å². The zero-order valence-electron chi connectivity index (χ0n) is 12.9. The minimum absolute atomic E-state index is 0. The summed E-state index contributed by atoms with van der Waals surface area (Å²) in [4.78, 5) is 25.0. The van der Waals surface area contributed by atoms with Crippen LogP contribution in [0.15, 0.2) is 42.5 Å². The van der Waals surface area contributed by atoms with Crippen molar-refractivity contribution in [3.05, 3.63) is 48.0 Å². The van der Waals surface area contributed by atoms with Crippen molar-refractivity contribution in [1.82, 2.24) is 4.90 Å². The van der Waals surface area contributed by atoms with E-state index in [2.05, 4.69) is 0 Å². The van der Waals surface area contributed by atoms with Gasteiger partial charge in [-0.05, 0) is 29.3 Å². The molecule has 23 heavy (non-hydrogen) atoms. The second kappa shape index (κ2) is 7.87. The van der Waals surface area contributed by atoms with Gasteiger partial charge < -0.3 is 19.9 Å². The number of aliphatic hydroxyl groups is 1. The van der Waals surface area contributed by atoms with Crippen LogP contribution in [0.3, 0.4) is 0 Å². The minimum atomic E-state index is -1.23. The number of benzene rings is 2. The number of hydrogen-bond acceptors (Lipinski definition) is 4. The fraction of sp³-hybridized carbons (Fsp3) is 0.294. The smallest absolute Gasteiger partial charge is 0.550 e. The summed E-state index contributed by atoms with van der Waals surface area (Å²) < 4.78 is 0. The Morgan fingerprint density at radius 2 is 1.78 bits per heavy atom. The zero-order chi connectivity index (χ0) is 15.7. The Balaban J connectivity index is 0.00000192. The first kappa shape index (κ1) is 18.6. The molecule has 114 valence electrons. The van der Waals surface area contributed by atoms with Gasteiger partial charge in [-0.3, -0.25) is 4.79 Å². The molecule has 1 saturated heterocycles. The van der Waals surface area contributed by atoms with Crippen LogP contribution < -0.4 is 56.5 Å². The average molecular weight is 337 g/mol. The maximum atomic E-state index is 12.6. The number of rotatable bonds is 2. The number of aliphatic hydroxyl groups excluding tert-OH is 1. The van der Waals surface area contributed by atoms with Crippen molar-refractivity contribution in [3.8, 4) is 0 Å². The molecule has 0 saturated carbocycles. The van der Waals surface area contributed by atoms with Crippen molar-refractivity contribution < 1.29 is 71.2 Å². The number of hydrogen-bond donors (Lipinski definition) is 1. The number of carbonyl (C=O) groups is 2. The van der Waals surface area contributed by atoms with Crippen LogP contribution in [-0.2, 0) is 4.79 Å². The van der Waals surface area contributed by atoms with Gasteiger partial charge in [-0.25, -0.2) is 0 Å². The third kappa shape index (κ3) is 4.20. The van der Waals surface area contributed by atoms with Gasteiger partial charge >= 0.3 is 51.4 Å². The molecule has 1 aliphatic heterocycles. The number of carboxylic acid groups (broad SMARTS) is 1. The summed E-state index contributed by atoms with van der Waals surface area (Å²) in [5.74, 6) is -2.32. The van der Waals surface area contributed by atoms with E-state index in [1.54, 1.807) is 12.1 Å². The van der Waals surface area contributed by atoms with Crippen molar-refractivity contribution in [2.45, 2.75) is 12.5 Å². The predicted molar refractivity (Wildman–Crippen MR) is 79.0 cm³/mol. The molecule has 2 aromatic carbocycles. The molecule has 1 amide bonds. The predicted octanol–water partition coefficient (Wildman–Crippen LogP) is -2.58. The van der Waals surface area contributed by atoms with Gasteiger partial charge in [0.25, 0.3) is 5.91 Å². The van der Waals surface area contributed by atoms with Gasteiger partial charge in [-0.1, -0.05) is 30.3 Å². The molecule has 2 aromatic rings. The standard InChI is InChI=1S/C17H17NO4.K/c19-15-8-14(17(21)22)9-18(10-15)16(20)13-6-5-11-3-1-2-4-12(11)7-13;/h1-7,14-15,19H,8-10H2,(H,21,22);/q;+1/p-1. The molecule has 2 atom stereocenters. The monoisotopic (exact) mass is 337 g/mol. The normalized spacial score (nSPS) is 20.8. The summed E-state index contributed by atoms with van der Waals surface area (Å²) in [6.45, 7) is 0.223. The fourth-order valence-electron chi connectivity index (χ4n) is 2.91. The number of piperidine rings is 1. The summed E-state index contributed by atoms with van der Waals surface area (Å²) in [7, 11) is 0. The molecule has 1 aliphatic rings. The Bertz CT molecular complexity index is 733. The van der Waals surface area contributed by atoms with Crippen LogP contribution in [0.5, 0.6) is 0 Å².